The molecule has 11 aliphatic rings. The zero-order valence-electron chi connectivity index (χ0n) is 40.1. The molecule has 5 heterocycles. The predicted molar refractivity (Wildman–Crippen MR) is 252 cm³/mol. The van der Waals surface area contributed by atoms with Crippen LogP contribution in [0, 0.1) is 11.8 Å². The summed E-state index contributed by atoms with van der Waals surface area (Å²) >= 11 is 0. The lowest BCUT2D eigenvalue weighted by molar-refractivity contribution is -0.173. The highest BCUT2D eigenvalue weighted by Crippen LogP contribution is 2.68. The van der Waals surface area contributed by atoms with E-state index in [-0.39, 0.29) is 76.8 Å². The second-order valence-corrected chi connectivity index (χ2v) is 22.5. The lowest BCUT2D eigenvalue weighted by Gasteiger charge is -2.62. The predicted octanol–water partition coefficient (Wildman–Crippen LogP) is 3.07. The number of aliphatic hydroxyl groups excluding tert-OH is 2. The highest BCUT2D eigenvalue weighted by Gasteiger charge is 2.75. The van der Waals surface area contributed by atoms with Crippen LogP contribution in [0.1, 0.15) is 86.5 Å². The average Bonchev–Trinajstić information content (AvgIpc) is 4.25. The summed E-state index contributed by atoms with van der Waals surface area (Å²) in [5, 5.41) is 67.8. The number of rotatable bonds is 12. The van der Waals surface area contributed by atoms with Crippen LogP contribution in [0.25, 0.3) is 0 Å². The Bertz CT molecular complexity index is 2990. The monoisotopic (exact) mass is 986 g/mol. The van der Waals surface area contributed by atoms with Crippen molar-refractivity contribution in [2.75, 3.05) is 45.7 Å². The fourth-order valence-corrected chi connectivity index (χ4v) is 15.3. The molecule has 1 aromatic heterocycles. The molecule has 378 valence electrons. The van der Waals surface area contributed by atoms with E-state index in [2.05, 4.69) is 36.5 Å². The number of benzene rings is 2. The number of carbonyl (C=O) groups is 3. The Morgan fingerprint density at radius 1 is 0.792 bits per heavy atom. The first kappa shape index (κ1) is 44.5. The van der Waals surface area contributed by atoms with Gasteiger partial charge >= 0.3 is 5.97 Å². The van der Waals surface area contributed by atoms with Crippen molar-refractivity contribution in [2.45, 2.75) is 135 Å². The van der Waals surface area contributed by atoms with Crippen molar-refractivity contribution < 1.29 is 63.6 Å². The minimum Gasteiger partial charge on any atom is -0.508 e. The van der Waals surface area contributed by atoms with Gasteiger partial charge in [0.15, 0.2) is 35.2 Å². The standard InChI is InChI=1S/C53H58N6O13/c1-68-37-19-36(54-24-55-37)56-46(63)29-20-52(66)35-17-26-6-8-31(60)42-38(26)50(52,44(71-42)40(29)61)13-15-59(35)23-28-16-33(28)70-32-9-7-27-18-34-53(67)21-30(47(64)57-49(10-3-11-49)48(65)69-2)41(62)45-51(53,39(27)43(32)72-45)12-14-58(34)22-25-4-5-25/h6-9,19,24-25,28,33-35,44-45,60-62,66-67H,3-5,10-18,20-23H2,1-2H3,(H,57,64)(H,54,55,56,63)/t28?,33?,34-,35-,44+,45+,50+,51+,52-,53-/m1/s1. The second kappa shape index (κ2) is 15.0. The number of nitrogens with zero attached hydrogens (tertiary/aromatic N) is 4. The van der Waals surface area contributed by atoms with Crippen molar-refractivity contribution in [1.29, 1.82) is 0 Å². The summed E-state index contributed by atoms with van der Waals surface area (Å²) in [7, 11) is 2.74. The Morgan fingerprint density at radius 3 is 2.04 bits per heavy atom. The van der Waals surface area contributed by atoms with Crippen LogP contribution in [0.15, 0.2) is 59.3 Å². The highest BCUT2D eigenvalue weighted by molar-refractivity contribution is 6.04. The molecule has 4 aliphatic heterocycles. The molecule has 2 amide bonds. The number of aromatic hydroxyl groups is 1. The molecule has 14 rings (SSSR count). The summed E-state index contributed by atoms with van der Waals surface area (Å²) in [6.07, 6.45) is 4.91. The highest BCUT2D eigenvalue weighted by atomic mass is 16.5. The van der Waals surface area contributed by atoms with Crippen molar-refractivity contribution in [3.8, 4) is 28.9 Å². The Hall–Kier alpha value is -6.15. The molecule has 5 fully saturated rings. The van der Waals surface area contributed by atoms with Crippen LogP contribution >= 0.6 is 0 Å². The first-order valence-electron chi connectivity index (χ1n) is 25.5. The van der Waals surface area contributed by atoms with Gasteiger partial charge < -0.3 is 59.9 Å². The summed E-state index contributed by atoms with van der Waals surface area (Å²) in [5.74, 6) is -0.281. The van der Waals surface area contributed by atoms with E-state index in [1.54, 1.807) is 6.07 Å². The number of phenolic OH excluding ortho intramolecular Hbond substituents is 1. The van der Waals surface area contributed by atoms with E-state index < -0.39 is 63.6 Å². The van der Waals surface area contributed by atoms with Crippen LogP contribution in [-0.4, -0.2) is 151 Å². The minimum atomic E-state index is -1.60. The molecule has 3 aromatic rings. The van der Waals surface area contributed by atoms with Gasteiger partial charge in [-0.25, -0.2) is 14.8 Å². The van der Waals surface area contributed by atoms with Crippen LogP contribution in [0.3, 0.4) is 0 Å². The number of esters is 1. The van der Waals surface area contributed by atoms with Gasteiger partial charge in [-0.2, -0.15) is 0 Å². The smallest absolute Gasteiger partial charge is 0.331 e. The van der Waals surface area contributed by atoms with E-state index in [9.17, 15) is 39.9 Å². The average molecular weight is 987 g/mol. The third kappa shape index (κ3) is 5.73. The topological polar surface area (TPSA) is 255 Å². The van der Waals surface area contributed by atoms with Crippen LogP contribution in [0.2, 0.25) is 0 Å². The van der Waals surface area contributed by atoms with E-state index in [0.717, 1.165) is 42.5 Å². The van der Waals surface area contributed by atoms with Gasteiger partial charge in [0, 0.05) is 61.1 Å². The maximum absolute atomic E-state index is 14.3. The third-order valence-corrected chi connectivity index (χ3v) is 19.2. The van der Waals surface area contributed by atoms with Gasteiger partial charge in [0.1, 0.15) is 35.3 Å². The zero-order valence-corrected chi connectivity index (χ0v) is 40.1. The zero-order chi connectivity index (χ0) is 49.4. The van der Waals surface area contributed by atoms with Crippen molar-refractivity contribution in [2.24, 2.45) is 11.8 Å². The molecule has 19 heteroatoms. The van der Waals surface area contributed by atoms with Crippen molar-refractivity contribution in [3.63, 3.8) is 0 Å². The van der Waals surface area contributed by atoms with Crippen molar-refractivity contribution in [3.05, 3.63) is 81.6 Å². The van der Waals surface area contributed by atoms with Crippen molar-refractivity contribution in [1.82, 2.24) is 25.1 Å². The number of carbonyl (C=O) groups excluding carboxylic acids is 3. The van der Waals surface area contributed by atoms with Crippen LogP contribution in [0.5, 0.6) is 28.9 Å². The first-order chi connectivity index (χ1) is 34.7. The number of amides is 2. The number of hydrogen-bond acceptors (Lipinski definition) is 17. The van der Waals surface area contributed by atoms with Gasteiger partial charge in [-0.15, -0.1) is 0 Å². The third-order valence-electron chi connectivity index (χ3n) is 19.2. The van der Waals surface area contributed by atoms with Gasteiger partial charge in [0.05, 0.1) is 47.4 Å². The van der Waals surface area contributed by atoms with E-state index in [0.29, 0.717) is 87.6 Å². The number of anilines is 1. The molecule has 4 bridgehead atoms. The number of piperidine rings is 2. The van der Waals surface area contributed by atoms with Gasteiger partial charge in [-0.05, 0) is 106 Å². The second-order valence-electron chi connectivity index (χ2n) is 22.5. The van der Waals surface area contributed by atoms with Gasteiger partial charge in [0.25, 0.3) is 11.8 Å². The molecule has 0 radical (unpaired) electrons. The Morgan fingerprint density at radius 2 is 1.42 bits per heavy atom. The Kier molecular flexibility index (Phi) is 9.27. The van der Waals surface area contributed by atoms with Gasteiger partial charge in [0.2, 0.25) is 5.88 Å². The number of likely N-dealkylation sites (tertiary alicyclic amines) is 2. The number of aliphatic hydroxyl groups is 4. The maximum atomic E-state index is 14.3. The number of hydrogen-bond donors (Lipinski definition) is 7. The SMILES string of the molecule is COC(=O)C1(NC(=O)C2=C(O)[C@@H]3Oc4c(OC5CC5CN5CC[C@]67c8c9ccc(O)c8O[C@H]6C(O)=C(C(=O)Nc6cc(OC)ncn6)C[C@@]7(O)[C@H]5C9)ccc5c4[C@@]34CCN(CC3CC3)[C@H](C5)[C@]4(O)C2)CCC1. The van der Waals surface area contributed by atoms with E-state index in [4.69, 9.17) is 23.7 Å². The summed E-state index contributed by atoms with van der Waals surface area (Å²) < 4.78 is 30.5. The van der Waals surface area contributed by atoms with Crippen molar-refractivity contribution >= 4 is 23.6 Å². The summed E-state index contributed by atoms with van der Waals surface area (Å²) in [4.78, 5) is 54.1. The molecule has 2 aromatic carbocycles. The van der Waals surface area contributed by atoms with Gasteiger partial charge in [-0.3, -0.25) is 19.4 Å². The number of ether oxygens (including phenoxy) is 5. The fourth-order valence-electron chi connectivity index (χ4n) is 15.3. The summed E-state index contributed by atoms with van der Waals surface area (Å²) in [6, 6.07) is 8.04. The number of nitrogens with one attached hydrogen (secondary N) is 2. The number of methoxy groups -OCH3 is 2. The molecule has 7 N–H and O–H groups in total. The summed E-state index contributed by atoms with van der Waals surface area (Å²) in [6.45, 7) is 2.64. The van der Waals surface area contributed by atoms with E-state index in [1.165, 1.54) is 26.6 Å². The number of phenols is 1. The molecule has 2 unspecified atom stereocenters. The molecule has 7 aliphatic carbocycles. The Balaban J connectivity index is 0.757. The molecule has 10 atom stereocenters. The van der Waals surface area contributed by atoms with E-state index >= 15 is 0 Å². The minimum absolute atomic E-state index is 0.0224. The molecule has 19 nitrogen and oxygen atoms in total. The Labute approximate surface area is 414 Å². The van der Waals surface area contributed by atoms with Crippen LogP contribution in [-0.2, 0) is 42.8 Å². The lowest BCUT2D eigenvalue weighted by Crippen LogP contribution is -2.76. The first-order valence-corrected chi connectivity index (χ1v) is 25.5. The molecule has 2 spiro atoms. The van der Waals surface area contributed by atoms with Crippen LogP contribution < -0.4 is 29.6 Å². The van der Waals surface area contributed by atoms with Crippen LogP contribution in [0.4, 0.5) is 5.82 Å². The summed E-state index contributed by atoms with van der Waals surface area (Å²) in [5.41, 5.74) is -3.04. The molecule has 2 saturated heterocycles. The normalized spacial score (nSPS) is 35.7. The van der Waals surface area contributed by atoms with Gasteiger partial charge in [-0.1, -0.05) is 12.1 Å². The lowest BCUT2D eigenvalue weighted by atomic mass is 9.49. The largest absolute Gasteiger partial charge is 0.508 e. The maximum Gasteiger partial charge on any atom is 0.331 e. The number of aromatic nitrogens is 2. The fraction of sp³-hybridized carbons (Fsp3) is 0.566. The molecular weight excluding hydrogens is 929 g/mol. The molecular formula is C53H58N6O13. The molecule has 72 heavy (non-hydrogen) atoms. The quantitative estimate of drug-likeness (QED) is 0.129. The molecule has 3 saturated carbocycles. The van der Waals surface area contributed by atoms with E-state index in [1.807, 2.05) is 12.1 Å².